The minimum absolute atomic E-state index is 0.0500. The van der Waals surface area contributed by atoms with Crippen molar-refractivity contribution in [3.63, 3.8) is 0 Å². The van der Waals surface area contributed by atoms with E-state index in [1.165, 1.54) is 12.0 Å². The molecule has 2 heterocycles. The van der Waals surface area contributed by atoms with Crippen molar-refractivity contribution in [2.24, 2.45) is 0 Å². The Morgan fingerprint density at radius 3 is 2.92 bits per heavy atom. The third-order valence-electron chi connectivity index (χ3n) is 4.58. The summed E-state index contributed by atoms with van der Waals surface area (Å²) in [4.78, 5) is 18.6. The van der Waals surface area contributed by atoms with Crippen molar-refractivity contribution in [3.05, 3.63) is 47.6 Å². The molecule has 2 aromatic rings. The van der Waals surface area contributed by atoms with E-state index in [9.17, 15) is 4.79 Å². The zero-order valence-electron chi connectivity index (χ0n) is 14.7. The Kier molecular flexibility index (Phi) is 6.17. The number of hydrogen-bond acceptors (Lipinski definition) is 5. The van der Waals surface area contributed by atoms with E-state index in [4.69, 9.17) is 9.26 Å². The quantitative estimate of drug-likeness (QED) is 0.773. The second kappa shape index (κ2) is 8.76. The fourth-order valence-electron chi connectivity index (χ4n) is 3.31. The van der Waals surface area contributed by atoms with Crippen LogP contribution < -0.4 is 0 Å². The second-order valence-corrected chi connectivity index (χ2v) is 6.49. The Balaban J connectivity index is 1.48. The van der Waals surface area contributed by atoms with Gasteiger partial charge in [-0.3, -0.25) is 4.79 Å². The van der Waals surface area contributed by atoms with Gasteiger partial charge in [-0.2, -0.15) is 4.98 Å². The van der Waals surface area contributed by atoms with Crippen LogP contribution in [0.3, 0.4) is 0 Å². The predicted molar refractivity (Wildman–Crippen MR) is 92.8 cm³/mol. The molecule has 3 rings (SSSR count). The number of piperidine rings is 1. The van der Waals surface area contributed by atoms with Crippen molar-refractivity contribution < 1.29 is 14.1 Å². The number of carbonyl (C=O) groups is 1. The zero-order chi connectivity index (χ0) is 17.5. The number of rotatable bonds is 7. The van der Waals surface area contributed by atoms with Gasteiger partial charge in [0.2, 0.25) is 5.91 Å². The highest BCUT2D eigenvalue weighted by Crippen LogP contribution is 2.21. The molecule has 1 fully saturated rings. The topological polar surface area (TPSA) is 68.5 Å². The van der Waals surface area contributed by atoms with E-state index in [2.05, 4.69) is 34.4 Å². The number of amides is 1. The highest BCUT2D eigenvalue weighted by Gasteiger charge is 2.26. The fraction of sp³-hybridized carbons (Fsp3) is 0.526. The minimum Gasteiger partial charge on any atom is -0.362 e. The summed E-state index contributed by atoms with van der Waals surface area (Å²) in [5, 5.41) is 3.71. The molecule has 134 valence electrons. The zero-order valence-corrected chi connectivity index (χ0v) is 14.7. The van der Waals surface area contributed by atoms with Crippen LogP contribution in [-0.2, 0) is 22.6 Å². The molecule has 1 aromatic carbocycles. The van der Waals surface area contributed by atoms with Crippen LogP contribution in [0.1, 0.15) is 43.0 Å². The maximum atomic E-state index is 12.5. The Bertz CT molecular complexity index is 672. The van der Waals surface area contributed by atoms with Gasteiger partial charge in [-0.1, -0.05) is 35.5 Å². The van der Waals surface area contributed by atoms with Crippen LogP contribution >= 0.6 is 0 Å². The summed E-state index contributed by atoms with van der Waals surface area (Å²) >= 11 is 0. The molecule has 0 N–H and O–H groups in total. The van der Waals surface area contributed by atoms with E-state index in [1.54, 1.807) is 6.92 Å². The van der Waals surface area contributed by atoms with Gasteiger partial charge in [0, 0.05) is 12.6 Å². The molecule has 1 aromatic heterocycles. The summed E-state index contributed by atoms with van der Waals surface area (Å²) in [6.07, 6.45) is 5.32. The minimum atomic E-state index is 0.0500. The van der Waals surface area contributed by atoms with Crippen molar-refractivity contribution >= 4 is 5.91 Å². The lowest BCUT2D eigenvalue weighted by molar-refractivity contribution is -0.140. The Morgan fingerprint density at radius 1 is 1.32 bits per heavy atom. The predicted octanol–water partition coefficient (Wildman–Crippen LogP) is 2.91. The van der Waals surface area contributed by atoms with Crippen molar-refractivity contribution in [3.8, 4) is 0 Å². The standard InChI is InChI=1S/C19H25N3O3/c1-15-20-18(25-21-15)13-24-14-19(23)22-12-6-5-9-17(22)11-10-16-7-3-2-4-8-16/h2-4,7-8,17H,5-6,9-14H2,1H3/t17-/m1/s1. The molecule has 0 unspecified atom stereocenters. The summed E-state index contributed by atoms with van der Waals surface area (Å²) in [6, 6.07) is 10.7. The second-order valence-electron chi connectivity index (χ2n) is 6.49. The summed E-state index contributed by atoms with van der Waals surface area (Å²) in [5.41, 5.74) is 1.32. The van der Waals surface area contributed by atoms with Gasteiger partial charge in [-0.15, -0.1) is 0 Å². The average molecular weight is 343 g/mol. The summed E-state index contributed by atoms with van der Waals surface area (Å²) in [6.45, 7) is 2.81. The molecule has 1 amide bonds. The lowest BCUT2D eigenvalue weighted by atomic mass is 9.96. The number of aryl methyl sites for hydroxylation is 2. The first kappa shape index (κ1) is 17.6. The fourth-order valence-corrected chi connectivity index (χ4v) is 3.31. The molecule has 0 radical (unpaired) electrons. The van der Waals surface area contributed by atoms with E-state index in [0.717, 1.165) is 32.2 Å². The number of nitrogens with zero attached hydrogens (tertiary/aromatic N) is 3. The largest absolute Gasteiger partial charge is 0.362 e. The van der Waals surface area contributed by atoms with Crippen LogP contribution in [0.25, 0.3) is 0 Å². The maximum absolute atomic E-state index is 12.5. The molecule has 6 nitrogen and oxygen atoms in total. The SMILES string of the molecule is Cc1noc(COCC(=O)N2CCCC[C@@H]2CCc2ccccc2)n1. The van der Waals surface area contributed by atoms with Gasteiger partial charge in [0.25, 0.3) is 5.89 Å². The van der Waals surface area contributed by atoms with Gasteiger partial charge in [0.1, 0.15) is 13.2 Å². The molecule has 25 heavy (non-hydrogen) atoms. The van der Waals surface area contributed by atoms with E-state index in [1.807, 2.05) is 11.0 Å². The first-order valence-electron chi connectivity index (χ1n) is 8.92. The number of benzene rings is 1. The molecule has 0 spiro atoms. The van der Waals surface area contributed by atoms with Crippen molar-refractivity contribution in [1.29, 1.82) is 0 Å². The van der Waals surface area contributed by atoms with E-state index >= 15 is 0 Å². The van der Waals surface area contributed by atoms with Crippen molar-refractivity contribution in [1.82, 2.24) is 15.0 Å². The van der Waals surface area contributed by atoms with Crippen LogP contribution in [0.4, 0.5) is 0 Å². The molecule has 0 bridgehead atoms. The lowest BCUT2D eigenvalue weighted by Crippen LogP contribution is -2.45. The first-order chi connectivity index (χ1) is 12.2. The Hall–Kier alpha value is -2.21. The number of hydrogen-bond donors (Lipinski definition) is 0. The number of likely N-dealkylation sites (tertiary alicyclic amines) is 1. The molecule has 1 saturated heterocycles. The van der Waals surface area contributed by atoms with Crippen LogP contribution in [0.15, 0.2) is 34.9 Å². The maximum Gasteiger partial charge on any atom is 0.252 e. The van der Waals surface area contributed by atoms with Crippen LogP contribution in [0.5, 0.6) is 0 Å². The first-order valence-corrected chi connectivity index (χ1v) is 8.92. The van der Waals surface area contributed by atoms with Gasteiger partial charge in [0.15, 0.2) is 5.82 Å². The average Bonchev–Trinajstić information content (AvgIpc) is 3.06. The highest BCUT2D eigenvalue weighted by atomic mass is 16.5. The normalized spacial score (nSPS) is 17.6. The van der Waals surface area contributed by atoms with Gasteiger partial charge in [0.05, 0.1) is 0 Å². The molecule has 1 aliphatic heterocycles. The number of aromatic nitrogens is 2. The van der Waals surface area contributed by atoms with E-state index < -0.39 is 0 Å². The van der Waals surface area contributed by atoms with E-state index in [0.29, 0.717) is 17.8 Å². The van der Waals surface area contributed by atoms with Crippen LogP contribution in [0.2, 0.25) is 0 Å². The Labute approximate surface area is 148 Å². The monoisotopic (exact) mass is 343 g/mol. The summed E-state index contributed by atoms with van der Waals surface area (Å²) in [5.74, 6) is 1.03. The van der Waals surface area contributed by atoms with Crippen LogP contribution in [0, 0.1) is 6.92 Å². The molecule has 6 heteroatoms. The summed E-state index contributed by atoms with van der Waals surface area (Å²) < 4.78 is 10.5. The van der Waals surface area contributed by atoms with Gasteiger partial charge in [-0.05, 0) is 44.6 Å². The lowest BCUT2D eigenvalue weighted by Gasteiger charge is -2.36. The number of ether oxygens (including phenoxy) is 1. The molecular weight excluding hydrogens is 318 g/mol. The molecule has 1 aliphatic rings. The third-order valence-corrected chi connectivity index (χ3v) is 4.58. The van der Waals surface area contributed by atoms with Gasteiger partial charge in [-0.25, -0.2) is 0 Å². The molecule has 0 saturated carbocycles. The molecule has 0 aliphatic carbocycles. The van der Waals surface area contributed by atoms with Gasteiger partial charge < -0.3 is 14.2 Å². The molecule has 1 atom stereocenters. The van der Waals surface area contributed by atoms with Crippen LogP contribution in [-0.4, -0.2) is 40.1 Å². The third kappa shape index (κ3) is 5.13. The molecular formula is C19H25N3O3. The smallest absolute Gasteiger partial charge is 0.252 e. The van der Waals surface area contributed by atoms with Crippen molar-refractivity contribution in [2.75, 3.05) is 13.2 Å². The number of carbonyl (C=O) groups excluding carboxylic acids is 1. The van der Waals surface area contributed by atoms with E-state index in [-0.39, 0.29) is 19.1 Å². The Morgan fingerprint density at radius 2 is 2.16 bits per heavy atom. The highest BCUT2D eigenvalue weighted by molar-refractivity contribution is 5.77. The van der Waals surface area contributed by atoms with Gasteiger partial charge >= 0.3 is 0 Å². The van der Waals surface area contributed by atoms with Crippen molar-refractivity contribution in [2.45, 2.75) is 51.7 Å². The summed E-state index contributed by atoms with van der Waals surface area (Å²) in [7, 11) is 0.